The number of aromatic nitrogens is 1. The Hall–Kier alpha value is -2.94. The van der Waals surface area contributed by atoms with Crippen molar-refractivity contribution >= 4 is 53.0 Å². The van der Waals surface area contributed by atoms with Gasteiger partial charge in [0.2, 0.25) is 0 Å². The number of aryl methyl sites for hydroxylation is 1. The minimum atomic E-state index is -0.108. The van der Waals surface area contributed by atoms with Crippen molar-refractivity contribution in [3.05, 3.63) is 48.2 Å². The van der Waals surface area contributed by atoms with Crippen LogP contribution < -0.4 is 29.7 Å². The second kappa shape index (κ2) is 11.0. The molecule has 36 heavy (non-hydrogen) atoms. The fourth-order valence-electron chi connectivity index (χ4n) is 4.89. The van der Waals surface area contributed by atoms with Gasteiger partial charge < -0.3 is 29.7 Å². The molecule has 0 bridgehead atoms. The number of carbonyl (C=O) groups is 1. The number of ether oxygens (including phenoxy) is 3. The van der Waals surface area contributed by atoms with Gasteiger partial charge in [-0.15, -0.1) is 24.8 Å². The summed E-state index contributed by atoms with van der Waals surface area (Å²) in [7, 11) is 0. The Balaban J connectivity index is 0.00000152. The molecule has 2 aromatic carbocycles. The maximum atomic E-state index is 11.6. The molecule has 1 unspecified atom stereocenters. The molecule has 0 aliphatic carbocycles. The minimum Gasteiger partial charge on any atom is -0.486 e. The second-order valence-electron chi connectivity index (χ2n) is 9.15. The highest BCUT2D eigenvalue weighted by atomic mass is 35.5. The van der Waals surface area contributed by atoms with E-state index < -0.39 is 0 Å². The van der Waals surface area contributed by atoms with Gasteiger partial charge in [0.25, 0.3) is 5.91 Å². The SMILES string of the molecule is Cc1ccc2c3c(ccc2n1)OCC(CNC1CCN(c2ccc4c(c2)NC(=O)CO4)CC1)O3.Cl.Cl. The lowest BCUT2D eigenvalue weighted by atomic mass is 10.0. The van der Waals surface area contributed by atoms with E-state index in [0.717, 1.165) is 77.7 Å². The van der Waals surface area contributed by atoms with Crippen molar-refractivity contribution in [3.8, 4) is 17.2 Å². The van der Waals surface area contributed by atoms with Gasteiger partial charge >= 0.3 is 0 Å². The van der Waals surface area contributed by atoms with Crippen molar-refractivity contribution in [1.29, 1.82) is 0 Å². The van der Waals surface area contributed by atoms with E-state index in [1.165, 1.54) is 0 Å². The highest BCUT2D eigenvalue weighted by Gasteiger charge is 2.26. The molecule has 8 nitrogen and oxygen atoms in total. The van der Waals surface area contributed by atoms with E-state index in [-0.39, 0.29) is 43.4 Å². The Morgan fingerprint density at radius 2 is 1.86 bits per heavy atom. The number of nitrogens with zero attached hydrogens (tertiary/aromatic N) is 2. The van der Waals surface area contributed by atoms with E-state index >= 15 is 0 Å². The fourth-order valence-corrected chi connectivity index (χ4v) is 4.89. The third-order valence-corrected chi connectivity index (χ3v) is 6.72. The van der Waals surface area contributed by atoms with Gasteiger partial charge in [-0.1, -0.05) is 0 Å². The smallest absolute Gasteiger partial charge is 0.262 e. The lowest BCUT2D eigenvalue weighted by Crippen LogP contribution is -2.47. The average molecular weight is 533 g/mol. The molecule has 3 aromatic rings. The largest absolute Gasteiger partial charge is 0.486 e. The van der Waals surface area contributed by atoms with Crippen LogP contribution in [0.3, 0.4) is 0 Å². The van der Waals surface area contributed by atoms with Crippen LogP contribution in [-0.4, -0.2) is 55.9 Å². The molecular formula is C26H30Cl2N4O4. The van der Waals surface area contributed by atoms with Gasteiger partial charge in [0.05, 0.1) is 11.2 Å². The van der Waals surface area contributed by atoms with Crippen LogP contribution in [0, 0.1) is 6.92 Å². The van der Waals surface area contributed by atoms with Crippen molar-refractivity contribution < 1.29 is 19.0 Å². The van der Waals surface area contributed by atoms with Gasteiger partial charge in [0, 0.05) is 42.4 Å². The lowest BCUT2D eigenvalue weighted by molar-refractivity contribution is -0.118. The van der Waals surface area contributed by atoms with Crippen molar-refractivity contribution in [3.63, 3.8) is 0 Å². The zero-order valence-corrected chi connectivity index (χ0v) is 21.6. The van der Waals surface area contributed by atoms with Crippen LogP contribution in [0.4, 0.5) is 11.4 Å². The molecule has 0 saturated carbocycles. The summed E-state index contributed by atoms with van der Waals surface area (Å²) in [5.41, 5.74) is 3.78. The molecule has 0 radical (unpaired) electrons. The Bertz CT molecular complexity index is 1250. The molecular weight excluding hydrogens is 503 g/mol. The van der Waals surface area contributed by atoms with Gasteiger partial charge in [0.1, 0.15) is 18.5 Å². The first-order chi connectivity index (χ1) is 16.6. The van der Waals surface area contributed by atoms with Crippen LogP contribution in [0.5, 0.6) is 17.2 Å². The third kappa shape index (κ3) is 5.26. The normalized spacial score (nSPS) is 18.9. The van der Waals surface area contributed by atoms with E-state index in [9.17, 15) is 4.79 Å². The standard InChI is InChI=1S/C26H28N4O4.2ClH/c1-16-2-4-20-21(28-16)5-7-24-26(20)34-19(14-32-24)13-27-17-8-10-30(11-9-17)18-3-6-23-22(12-18)29-25(31)15-33-23;;/h2-7,12,17,19,27H,8-11,13-15H2,1H3,(H,29,31);2*1H. The number of piperidine rings is 1. The van der Waals surface area contributed by atoms with E-state index in [4.69, 9.17) is 14.2 Å². The quantitative estimate of drug-likeness (QED) is 0.522. The summed E-state index contributed by atoms with van der Waals surface area (Å²) >= 11 is 0. The minimum absolute atomic E-state index is 0. The first-order valence-electron chi connectivity index (χ1n) is 11.9. The fraction of sp³-hybridized carbons (Fsp3) is 0.385. The van der Waals surface area contributed by atoms with Crippen LogP contribution >= 0.6 is 24.8 Å². The summed E-state index contributed by atoms with van der Waals surface area (Å²) in [5, 5.41) is 7.57. The van der Waals surface area contributed by atoms with Crippen LogP contribution in [0.25, 0.3) is 10.9 Å². The molecule has 3 aliphatic heterocycles. The molecule has 0 spiro atoms. The van der Waals surface area contributed by atoms with Gasteiger partial charge in [-0.25, -0.2) is 0 Å². The number of pyridine rings is 1. The maximum absolute atomic E-state index is 11.6. The number of hydrogen-bond acceptors (Lipinski definition) is 7. The summed E-state index contributed by atoms with van der Waals surface area (Å²) < 4.78 is 17.8. The van der Waals surface area contributed by atoms with Crippen LogP contribution in [0.15, 0.2) is 42.5 Å². The van der Waals surface area contributed by atoms with Gasteiger partial charge in [-0.2, -0.15) is 0 Å². The van der Waals surface area contributed by atoms with Gasteiger partial charge in [-0.3, -0.25) is 9.78 Å². The molecule has 1 saturated heterocycles. The number of anilines is 2. The van der Waals surface area contributed by atoms with Gasteiger partial charge in [-0.05, 0) is 62.2 Å². The van der Waals surface area contributed by atoms with E-state index in [1.54, 1.807) is 0 Å². The molecule has 1 amide bonds. The topological polar surface area (TPSA) is 85.0 Å². The Labute approximate surface area is 222 Å². The zero-order valence-electron chi connectivity index (χ0n) is 20.0. The predicted molar refractivity (Wildman–Crippen MR) is 145 cm³/mol. The number of carbonyl (C=O) groups excluding carboxylic acids is 1. The number of amides is 1. The summed E-state index contributed by atoms with van der Waals surface area (Å²) in [6.07, 6.45) is 2.04. The van der Waals surface area contributed by atoms with Crippen LogP contribution in [0.1, 0.15) is 18.5 Å². The summed E-state index contributed by atoms with van der Waals surface area (Å²) in [6, 6.07) is 14.4. The van der Waals surface area contributed by atoms with Crippen molar-refractivity contribution in [1.82, 2.24) is 10.3 Å². The van der Waals surface area contributed by atoms with E-state index in [0.29, 0.717) is 12.6 Å². The maximum Gasteiger partial charge on any atom is 0.262 e. The number of nitrogens with one attached hydrogen (secondary N) is 2. The highest BCUT2D eigenvalue weighted by molar-refractivity contribution is 5.96. The highest BCUT2D eigenvalue weighted by Crippen LogP contribution is 2.38. The first-order valence-corrected chi connectivity index (χ1v) is 11.9. The zero-order chi connectivity index (χ0) is 23.1. The van der Waals surface area contributed by atoms with E-state index in [2.05, 4.69) is 32.7 Å². The van der Waals surface area contributed by atoms with Crippen molar-refractivity contribution in [2.24, 2.45) is 0 Å². The molecule has 1 aromatic heterocycles. The molecule has 192 valence electrons. The molecule has 1 atom stereocenters. The number of rotatable bonds is 4. The Morgan fingerprint density at radius 3 is 2.69 bits per heavy atom. The van der Waals surface area contributed by atoms with Crippen LogP contribution in [-0.2, 0) is 4.79 Å². The lowest BCUT2D eigenvalue weighted by Gasteiger charge is -2.35. The number of benzene rings is 2. The summed E-state index contributed by atoms with van der Waals surface area (Å²) in [4.78, 5) is 18.6. The molecule has 6 rings (SSSR count). The molecule has 10 heteroatoms. The third-order valence-electron chi connectivity index (χ3n) is 6.72. The first kappa shape index (κ1) is 26.1. The number of fused-ring (bicyclic) bond motifs is 4. The van der Waals surface area contributed by atoms with Crippen LogP contribution in [0.2, 0.25) is 0 Å². The van der Waals surface area contributed by atoms with Crippen molar-refractivity contribution in [2.45, 2.75) is 31.9 Å². The Kier molecular flexibility index (Phi) is 7.97. The second-order valence-corrected chi connectivity index (χ2v) is 9.15. The molecule has 3 aliphatic rings. The molecule has 2 N–H and O–H groups in total. The number of hydrogen-bond donors (Lipinski definition) is 2. The Morgan fingerprint density at radius 1 is 1.06 bits per heavy atom. The molecule has 1 fully saturated rings. The summed E-state index contributed by atoms with van der Waals surface area (Å²) in [6.45, 7) is 5.25. The summed E-state index contributed by atoms with van der Waals surface area (Å²) in [5.74, 6) is 2.20. The molecule has 4 heterocycles. The van der Waals surface area contributed by atoms with Crippen molar-refractivity contribution in [2.75, 3.05) is 43.1 Å². The predicted octanol–water partition coefficient (Wildman–Crippen LogP) is 4.12. The van der Waals surface area contributed by atoms with Gasteiger partial charge in [0.15, 0.2) is 18.1 Å². The van der Waals surface area contributed by atoms with E-state index in [1.807, 2.05) is 37.3 Å². The average Bonchev–Trinajstić information content (AvgIpc) is 2.87. The number of halogens is 2. The monoisotopic (exact) mass is 532 g/mol.